The fourth-order valence-electron chi connectivity index (χ4n) is 1.15. The van der Waals surface area contributed by atoms with Crippen LogP contribution in [0.5, 0.6) is 0 Å². The van der Waals surface area contributed by atoms with Gasteiger partial charge in [-0.25, -0.2) is 8.42 Å². The van der Waals surface area contributed by atoms with Crippen molar-refractivity contribution in [3.63, 3.8) is 0 Å². The molecule has 0 aromatic rings. The van der Waals surface area contributed by atoms with E-state index in [-0.39, 0.29) is 5.25 Å². The van der Waals surface area contributed by atoms with Gasteiger partial charge in [0.1, 0.15) is 0 Å². The monoisotopic (exact) mass is 205 g/mol. The van der Waals surface area contributed by atoms with Gasteiger partial charge in [0.25, 0.3) is 0 Å². The molecule has 0 amide bonds. The molecule has 1 N–H and O–H groups in total. The molecular formula is C9H19NO2S. The van der Waals surface area contributed by atoms with Crippen molar-refractivity contribution in [2.45, 2.75) is 44.4 Å². The van der Waals surface area contributed by atoms with E-state index in [9.17, 15) is 8.42 Å². The van der Waals surface area contributed by atoms with E-state index in [4.69, 9.17) is 0 Å². The van der Waals surface area contributed by atoms with Crippen LogP contribution in [0.4, 0.5) is 0 Å². The van der Waals surface area contributed by atoms with Crippen LogP contribution < -0.4 is 5.32 Å². The van der Waals surface area contributed by atoms with Crippen molar-refractivity contribution in [3.8, 4) is 0 Å². The lowest BCUT2D eigenvalue weighted by atomic mass is 10.4. The van der Waals surface area contributed by atoms with Gasteiger partial charge in [0, 0.05) is 12.6 Å². The van der Waals surface area contributed by atoms with Crippen LogP contribution >= 0.6 is 0 Å². The third-order valence-corrected chi connectivity index (χ3v) is 4.92. The molecular weight excluding hydrogens is 186 g/mol. The quantitative estimate of drug-likeness (QED) is 0.702. The van der Waals surface area contributed by atoms with Crippen molar-refractivity contribution in [1.29, 1.82) is 0 Å². The van der Waals surface area contributed by atoms with Gasteiger partial charge in [-0.05, 0) is 26.2 Å². The van der Waals surface area contributed by atoms with Crippen LogP contribution in [-0.4, -0.2) is 32.0 Å². The normalized spacial score (nSPS) is 20.2. The average Bonchev–Trinajstić information content (AvgIpc) is 2.86. The van der Waals surface area contributed by atoms with Crippen molar-refractivity contribution in [3.05, 3.63) is 0 Å². The summed E-state index contributed by atoms with van der Waals surface area (Å²) in [6.07, 6.45) is 3.14. The number of rotatable bonds is 6. The smallest absolute Gasteiger partial charge is 0.154 e. The summed E-state index contributed by atoms with van der Waals surface area (Å²) < 4.78 is 23.0. The van der Waals surface area contributed by atoms with Crippen LogP contribution in [0.25, 0.3) is 0 Å². The van der Waals surface area contributed by atoms with Gasteiger partial charge in [-0.15, -0.1) is 0 Å². The standard InChI is InChI=1S/C9H19NO2S/c1-3-8(2)13(11,12)7-6-10-9-4-5-9/h8-10H,3-7H2,1-2H3. The van der Waals surface area contributed by atoms with E-state index in [1.54, 1.807) is 6.92 Å². The second-order valence-electron chi connectivity index (χ2n) is 3.81. The van der Waals surface area contributed by atoms with E-state index >= 15 is 0 Å². The summed E-state index contributed by atoms with van der Waals surface area (Å²) in [6.45, 7) is 4.32. The maximum atomic E-state index is 11.5. The zero-order valence-electron chi connectivity index (χ0n) is 8.41. The lowest BCUT2D eigenvalue weighted by Gasteiger charge is -2.10. The first-order valence-electron chi connectivity index (χ1n) is 5.01. The highest BCUT2D eigenvalue weighted by atomic mass is 32.2. The minimum atomic E-state index is -2.84. The summed E-state index contributed by atoms with van der Waals surface area (Å²) in [5.41, 5.74) is 0. The Labute approximate surface area is 80.8 Å². The third kappa shape index (κ3) is 3.65. The minimum absolute atomic E-state index is 0.187. The zero-order chi connectivity index (χ0) is 9.90. The van der Waals surface area contributed by atoms with Gasteiger partial charge in [-0.3, -0.25) is 0 Å². The molecule has 0 saturated heterocycles. The molecule has 0 aromatic carbocycles. The molecule has 0 aliphatic heterocycles. The highest BCUT2D eigenvalue weighted by molar-refractivity contribution is 7.92. The minimum Gasteiger partial charge on any atom is -0.313 e. The Balaban J connectivity index is 2.24. The van der Waals surface area contributed by atoms with Crippen molar-refractivity contribution in [1.82, 2.24) is 5.32 Å². The largest absolute Gasteiger partial charge is 0.313 e. The fraction of sp³-hybridized carbons (Fsp3) is 1.00. The first-order chi connectivity index (χ1) is 6.06. The van der Waals surface area contributed by atoms with Crippen molar-refractivity contribution >= 4 is 9.84 Å². The van der Waals surface area contributed by atoms with E-state index in [2.05, 4.69) is 5.32 Å². The molecule has 0 bridgehead atoms. The molecule has 0 spiro atoms. The molecule has 1 rings (SSSR count). The Morgan fingerprint density at radius 3 is 2.54 bits per heavy atom. The van der Waals surface area contributed by atoms with Gasteiger partial charge in [-0.1, -0.05) is 6.92 Å². The highest BCUT2D eigenvalue weighted by Crippen LogP contribution is 2.18. The lowest BCUT2D eigenvalue weighted by molar-refractivity contribution is 0.576. The van der Waals surface area contributed by atoms with Crippen LogP contribution in [0.15, 0.2) is 0 Å². The van der Waals surface area contributed by atoms with Gasteiger partial charge < -0.3 is 5.32 Å². The predicted octanol–water partition coefficient (Wildman–Crippen LogP) is 0.952. The Bertz CT molecular complexity index is 244. The first-order valence-corrected chi connectivity index (χ1v) is 6.72. The molecule has 78 valence electrons. The van der Waals surface area contributed by atoms with Gasteiger partial charge in [0.15, 0.2) is 9.84 Å². The maximum absolute atomic E-state index is 11.5. The second kappa shape index (κ2) is 4.42. The van der Waals surface area contributed by atoms with E-state index in [0.29, 0.717) is 24.8 Å². The summed E-state index contributed by atoms with van der Waals surface area (Å²) in [5.74, 6) is 0.290. The maximum Gasteiger partial charge on any atom is 0.154 e. The summed E-state index contributed by atoms with van der Waals surface area (Å²) >= 11 is 0. The lowest BCUT2D eigenvalue weighted by Crippen LogP contribution is -2.29. The molecule has 1 unspecified atom stereocenters. The Hall–Kier alpha value is -0.0900. The van der Waals surface area contributed by atoms with Crippen molar-refractivity contribution < 1.29 is 8.42 Å². The van der Waals surface area contributed by atoms with Gasteiger partial charge in [-0.2, -0.15) is 0 Å². The molecule has 0 aromatic heterocycles. The molecule has 0 heterocycles. The highest BCUT2D eigenvalue weighted by Gasteiger charge is 2.23. The number of sulfone groups is 1. The molecule has 1 fully saturated rings. The van der Waals surface area contributed by atoms with E-state index in [0.717, 1.165) is 0 Å². The first kappa shape index (κ1) is 11.0. The molecule has 0 radical (unpaired) electrons. The molecule has 4 heteroatoms. The van der Waals surface area contributed by atoms with E-state index in [1.807, 2.05) is 6.92 Å². The topological polar surface area (TPSA) is 46.2 Å². The van der Waals surface area contributed by atoms with Gasteiger partial charge in [0.2, 0.25) is 0 Å². The summed E-state index contributed by atoms with van der Waals surface area (Å²) in [6, 6.07) is 0.604. The summed E-state index contributed by atoms with van der Waals surface area (Å²) in [5, 5.41) is 3.03. The average molecular weight is 205 g/mol. The summed E-state index contributed by atoms with van der Waals surface area (Å²) in [7, 11) is -2.84. The zero-order valence-corrected chi connectivity index (χ0v) is 9.23. The SMILES string of the molecule is CCC(C)S(=O)(=O)CCNC1CC1. The Morgan fingerprint density at radius 1 is 1.46 bits per heavy atom. The fourth-order valence-corrected chi connectivity index (χ4v) is 2.46. The van der Waals surface area contributed by atoms with Gasteiger partial charge >= 0.3 is 0 Å². The van der Waals surface area contributed by atoms with Gasteiger partial charge in [0.05, 0.1) is 11.0 Å². The van der Waals surface area contributed by atoms with Crippen LogP contribution in [-0.2, 0) is 9.84 Å². The predicted molar refractivity (Wildman–Crippen MR) is 54.6 cm³/mol. The van der Waals surface area contributed by atoms with Crippen molar-refractivity contribution in [2.24, 2.45) is 0 Å². The number of nitrogens with one attached hydrogen (secondary N) is 1. The summed E-state index contributed by atoms with van der Waals surface area (Å²) in [4.78, 5) is 0. The molecule has 3 nitrogen and oxygen atoms in total. The molecule has 1 atom stereocenters. The molecule has 1 saturated carbocycles. The number of hydrogen-bond acceptors (Lipinski definition) is 3. The van der Waals surface area contributed by atoms with Crippen LogP contribution in [0, 0.1) is 0 Å². The Kier molecular flexibility index (Phi) is 3.74. The van der Waals surface area contributed by atoms with E-state index in [1.165, 1.54) is 12.8 Å². The van der Waals surface area contributed by atoms with Crippen LogP contribution in [0.3, 0.4) is 0 Å². The van der Waals surface area contributed by atoms with Crippen molar-refractivity contribution in [2.75, 3.05) is 12.3 Å². The molecule has 1 aliphatic carbocycles. The van der Waals surface area contributed by atoms with E-state index < -0.39 is 9.84 Å². The number of hydrogen-bond donors (Lipinski definition) is 1. The Morgan fingerprint density at radius 2 is 2.08 bits per heavy atom. The second-order valence-corrected chi connectivity index (χ2v) is 6.35. The molecule has 1 aliphatic rings. The van der Waals surface area contributed by atoms with Crippen LogP contribution in [0.2, 0.25) is 0 Å². The molecule has 13 heavy (non-hydrogen) atoms. The van der Waals surface area contributed by atoms with Crippen LogP contribution in [0.1, 0.15) is 33.1 Å². The third-order valence-electron chi connectivity index (χ3n) is 2.58.